The van der Waals surface area contributed by atoms with Crippen LogP contribution in [0.3, 0.4) is 0 Å². The van der Waals surface area contributed by atoms with Crippen LogP contribution in [0.2, 0.25) is 0 Å². The second kappa shape index (κ2) is 11.6. The number of aliphatic hydroxyl groups is 1. The molecule has 1 saturated heterocycles. The molecule has 2 heterocycles. The number of hydrogen-bond acceptors (Lipinski definition) is 5. The van der Waals surface area contributed by atoms with Crippen LogP contribution in [-0.4, -0.2) is 66.6 Å². The number of carbonyl (C=O) groups is 1. The predicted molar refractivity (Wildman–Crippen MR) is 145 cm³/mol. The molecule has 39 heavy (non-hydrogen) atoms. The Bertz CT molecular complexity index is 1390. The summed E-state index contributed by atoms with van der Waals surface area (Å²) in [6.45, 7) is 0.927. The molecule has 1 unspecified atom stereocenters. The number of fused-ring (bicyclic) bond motifs is 1. The number of piperidine rings is 1. The van der Waals surface area contributed by atoms with Crippen molar-refractivity contribution in [3.63, 3.8) is 0 Å². The van der Waals surface area contributed by atoms with Crippen molar-refractivity contribution < 1.29 is 27.4 Å². The summed E-state index contributed by atoms with van der Waals surface area (Å²) in [5.41, 5.74) is 2.17. The molecule has 3 aromatic carbocycles. The lowest BCUT2D eigenvalue weighted by Crippen LogP contribution is -2.49. The van der Waals surface area contributed by atoms with Crippen LogP contribution in [0.1, 0.15) is 29.5 Å². The van der Waals surface area contributed by atoms with Crippen molar-refractivity contribution in [1.29, 1.82) is 0 Å². The zero-order chi connectivity index (χ0) is 27.5. The maximum absolute atomic E-state index is 13.5. The summed E-state index contributed by atoms with van der Waals surface area (Å²) in [7, 11) is -3.92. The zero-order valence-corrected chi connectivity index (χ0v) is 22.5. The van der Waals surface area contributed by atoms with Crippen molar-refractivity contribution in [2.45, 2.75) is 48.8 Å². The van der Waals surface area contributed by atoms with Crippen molar-refractivity contribution >= 4 is 15.9 Å². The number of rotatable bonds is 8. The highest BCUT2D eigenvalue weighted by molar-refractivity contribution is 7.89. The van der Waals surface area contributed by atoms with Crippen LogP contribution in [0.25, 0.3) is 0 Å². The largest absolute Gasteiger partial charge is 0.389 e. The summed E-state index contributed by atoms with van der Waals surface area (Å²) >= 11 is 0. The Kier molecular flexibility index (Phi) is 8.13. The molecule has 0 radical (unpaired) electrons. The molecule has 0 aromatic heterocycles. The van der Waals surface area contributed by atoms with E-state index < -0.39 is 27.5 Å². The molecule has 3 aromatic rings. The molecule has 5 rings (SSSR count). The molecule has 1 N–H and O–H groups in total. The van der Waals surface area contributed by atoms with Gasteiger partial charge in [0.1, 0.15) is 12.4 Å². The van der Waals surface area contributed by atoms with Gasteiger partial charge in [-0.25, -0.2) is 12.8 Å². The molecule has 0 saturated carbocycles. The molecular formula is C30H33FN2O5S. The summed E-state index contributed by atoms with van der Waals surface area (Å²) in [5.74, 6) is -0.687. The molecule has 206 valence electrons. The van der Waals surface area contributed by atoms with Gasteiger partial charge >= 0.3 is 0 Å². The van der Waals surface area contributed by atoms with Gasteiger partial charge < -0.3 is 14.7 Å². The van der Waals surface area contributed by atoms with E-state index in [0.29, 0.717) is 38.8 Å². The van der Waals surface area contributed by atoms with E-state index in [1.807, 2.05) is 54.6 Å². The zero-order valence-electron chi connectivity index (χ0n) is 21.7. The highest BCUT2D eigenvalue weighted by atomic mass is 32.2. The lowest BCUT2D eigenvalue weighted by molar-refractivity contribution is -0.140. The van der Waals surface area contributed by atoms with Gasteiger partial charge in [-0.05, 0) is 60.2 Å². The smallest absolute Gasteiger partial charge is 0.248 e. The summed E-state index contributed by atoms with van der Waals surface area (Å²) in [4.78, 5) is 14.6. The van der Waals surface area contributed by atoms with Crippen molar-refractivity contribution in [1.82, 2.24) is 9.21 Å². The highest BCUT2D eigenvalue weighted by Gasteiger charge is 2.37. The first-order chi connectivity index (χ1) is 18.7. The van der Waals surface area contributed by atoms with Crippen molar-refractivity contribution in [3.8, 4) is 0 Å². The molecular weight excluding hydrogens is 519 g/mol. The van der Waals surface area contributed by atoms with Crippen LogP contribution < -0.4 is 0 Å². The Morgan fingerprint density at radius 3 is 2.28 bits per heavy atom. The van der Waals surface area contributed by atoms with Gasteiger partial charge in [-0.2, -0.15) is 4.31 Å². The first-order valence-corrected chi connectivity index (χ1v) is 14.6. The number of carbonyl (C=O) groups excluding carboxylic acids is 1. The van der Waals surface area contributed by atoms with Crippen LogP contribution >= 0.6 is 0 Å². The van der Waals surface area contributed by atoms with E-state index in [4.69, 9.17) is 4.74 Å². The number of amides is 1. The molecule has 2 aliphatic heterocycles. The molecule has 9 heteroatoms. The fourth-order valence-corrected chi connectivity index (χ4v) is 7.02. The number of benzene rings is 3. The maximum atomic E-state index is 13.5. The fraction of sp³-hybridized carbons (Fsp3) is 0.367. The van der Waals surface area contributed by atoms with Gasteiger partial charge in [-0.15, -0.1) is 0 Å². The average molecular weight is 553 g/mol. The third-order valence-electron chi connectivity index (χ3n) is 7.69. The van der Waals surface area contributed by atoms with Crippen LogP contribution in [-0.2, 0) is 38.9 Å². The molecule has 1 atom stereocenters. The normalized spacial score (nSPS) is 19.4. The highest BCUT2D eigenvalue weighted by Crippen LogP contribution is 2.30. The lowest BCUT2D eigenvalue weighted by Gasteiger charge is -2.38. The van der Waals surface area contributed by atoms with Gasteiger partial charge in [0, 0.05) is 26.1 Å². The van der Waals surface area contributed by atoms with E-state index in [0.717, 1.165) is 28.8 Å². The van der Waals surface area contributed by atoms with Crippen LogP contribution in [0.5, 0.6) is 0 Å². The summed E-state index contributed by atoms with van der Waals surface area (Å²) in [6.07, 6.45) is 1.96. The number of halogens is 1. The summed E-state index contributed by atoms with van der Waals surface area (Å²) in [5, 5.41) is 11.0. The fourth-order valence-electron chi connectivity index (χ4n) is 5.43. The standard InChI is InChI=1S/C30H33FN2O5S/c31-26-10-12-28(13-11-26)39(36,37)33-20-25-9-5-4-8-24(25)18-27(33)21-38-22-29(34)32-16-14-30(35,15-17-32)19-23-6-2-1-3-7-23/h1-13,27,35H,14-22H2. The average Bonchev–Trinajstić information content (AvgIpc) is 2.93. The Balaban J connectivity index is 1.20. The van der Waals surface area contributed by atoms with Crippen molar-refractivity contribution in [2.75, 3.05) is 26.3 Å². The van der Waals surface area contributed by atoms with Crippen LogP contribution in [0.15, 0.2) is 83.8 Å². The molecule has 0 spiro atoms. The number of sulfonamides is 1. The lowest BCUT2D eigenvalue weighted by atomic mass is 9.85. The van der Waals surface area contributed by atoms with E-state index in [1.165, 1.54) is 16.4 Å². The van der Waals surface area contributed by atoms with Crippen LogP contribution in [0, 0.1) is 5.82 Å². The molecule has 1 fully saturated rings. The van der Waals surface area contributed by atoms with Gasteiger partial charge in [0.25, 0.3) is 0 Å². The number of ether oxygens (including phenoxy) is 1. The van der Waals surface area contributed by atoms with Gasteiger partial charge in [-0.1, -0.05) is 54.6 Å². The number of likely N-dealkylation sites (tertiary alicyclic amines) is 1. The van der Waals surface area contributed by atoms with E-state index in [9.17, 15) is 22.7 Å². The van der Waals surface area contributed by atoms with Gasteiger partial charge in [0.15, 0.2) is 0 Å². The Morgan fingerprint density at radius 1 is 0.949 bits per heavy atom. The van der Waals surface area contributed by atoms with E-state index in [2.05, 4.69) is 0 Å². The molecule has 0 aliphatic carbocycles. The van der Waals surface area contributed by atoms with Crippen molar-refractivity contribution in [2.24, 2.45) is 0 Å². The topological polar surface area (TPSA) is 87.2 Å². The third kappa shape index (κ3) is 6.38. The third-order valence-corrected chi connectivity index (χ3v) is 9.60. The Hall–Kier alpha value is -3.11. The SMILES string of the molecule is O=C(COCC1Cc2ccccc2CN1S(=O)(=O)c1ccc(F)cc1)N1CCC(O)(Cc2ccccc2)CC1. The minimum atomic E-state index is -3.92. The van der Waals surface area contributed by atoms with Crippen molar-refractivity contribution in [3.05, 3.63) is 101 Å². The molecule has 1 amide bonds. The second-order valence-electron chi connectivity index (χ2n) is 10.4. The summed E-state index contributed by atoms with van der Waals surface area (Å²) in [6, 6.07) is 21.8. The molecule has 7 nitrogen and oxygen atoms in total. The van der Waals surface area contributed by atoms with Gasteiger partial charge in [0.2, 0.25) is 15.9 Å². The van der Waals surface area contributed by atoms with E-state index >= 15 is 0 Å². The first-order valence-electron chi connectivity index (χ1n) is 13.2. The summed E-state index contributed by atoms with van der Waals surface area (Å²) < 4.78 is 47.7. The quantitative estimate of drug-likeness (QED) is 0.462. The molecule has 2 aliphatic rings. The minimum Gasteiger partial charge on any atom is -0.389 e. The van der Waals surface area contributed by atoms with E-state index in [-0.39, 0.29) is 30.6 Å². The second-order valence-corrected chi connectivity index (χ2v) is 12.3. The maximum Gasteiger partial charge on any atom is 0.248 e. The minimum absolute atomic E-state index is 0.0145. The van der Waals surface area contributed by atoms with Gasteiger partial charge in [-0.3, -0.25) is 4.79 Å². The Labute approximate surface area is 228 Å². The van der Waals surface area contributed by atoms with E-state index in [1.54, 1.807) is 4.90 Å². The molecule has 0 bridgehead atoms. The van der Waals surface area contributed by atoms with Gasteiger partial charge in [0.05, 0.1) is 23.1 Å². The number of nitrogens with zero attached hydrogens (tertiary/aromatic N) is 2. The predicted octanol–water partition coefficient (Wildman–Crippen LogP) is 3.55. The first kappa shape index (κ1) is 27.5. The van der Waals surface area contributed by atoms with Crippen LogP contribution in [0.4, 0.5) is 4.39 Å². The monoisotopic (exact) mass is 552 g/mol. The Morgan fingerprint density at radius 2 is 1.59 bits per heavy atom. The number of hydrogen-bond donors (Lipinski definition) is 1.